The zero-order valence-electron chi connectivity index (χ0n) is 13.8. The fraction of sp³-hybridized carbons (Fsp3) is 0.438. The van der Waals surface area contributed by atoms with Crippen LogP contribution in [-0.2, 0) is 11.3 Å². The number of nitrogens with zero attached hydrogens (tertiary/aromatic N) is 5. The minimum Gasteiger partial charge on any atom is -0.375 e. The lowest BCUT2D eigenvalue weighted by Gasteiger charge is -2.32. The molecule has 1 unspecified atom stereocenters. The van der Waals surface area contributed by atoms with Crippen LogP contribution in [0.3, 0.4) is 0 Å². The predicted molar refractivity (Wildman–Crippen MR) is 94.8 cm³/mol. The summed E-state index contributed by atoms with van der Waals surface area (Å²) in [6.45, 7) is 7.31. The Morgan fingerprint density at radius 3 is 3.08 bits per heavy atom. The van der Waals surface area contributed by atoms with Gasteiger partial charge in [-0.15, -0.1) is 5.10 Å². The average molecular weight is 344 g/mol. The van der Waals surface area contributed by atoms with Gasteiger partial charge in [-0.1, -0.05) is 17.4 Å². The number of hydrogen-bond acceptors (Lipinski definition) is 7. The zero-order chi connectivity index (χ0) is 16.5. The van der Waals surface area contributed by atoms with E-state index in [0.29, 0.717) is 6.54 Å². The molecule has 0 amide bonds. The molecule has 1 aliphatic heterocycles. The van der Waals surface area contributed by atoms with Gasteiger partial charge in [-0.3, -0.25) is 0 Å². The first kappa shape index (κ1) is 15.3. The van der Waals surface area contributed by atoms with Crippen LogP contribution in [0.1, 0.15) is 18.2 Å². The summed E-state index contributed by atoms with van der Waals surface area (Å²) in [7, 11) is 0. The van der Waals surface area contributed by atoms with Gasteiger partial charge in [0.05, 0.1) is 24.6 Å². The lowest BCUT2D eigenvalue weighted by Crippen LogP contribution is -2.41. The Hall–Kier alpha value is -2.19. The highest BCUT2D eigenvalue weighted by atomic mass is 32.1. The molecule has 1 atom stereocenters. The Morgan fingerprint density at radius 1 is 1.42 bits per heavy atom. The SMILES string of the molecule is Cc1cn2nc(NCc3ccc(N4CCOC(C)C4)nc3)sc2n1. The molecule has 0 spiro atoms. The second-order valence-corrected chi connectivity index (χ2v) is 6.98. The fourth-order valence-electron chi connectivity index (χ4n) is 2.79. The molecule has 0 bridgehead atoms. The van der Waals surface area contributed by atoms with Gasteiger partial charge in [0.25, 0.3) is 0 Å². The second-order valence-electron chi connectivity index (χ2n) is 6.02. The zero-order valence-corrected chi connectivity index (χ0v) is 14.6. The van der Waals surface area contributed by atoms with E-state index in [0.717, 1.165) is 46.9 Å². The van der Waals surface area contributed by atoms with Crippen LogP contribution >= 0.6 is 11.3 Å². The van der Waals surface area contributed by atoms with Crippen LogP contribution in [0.15, 0.2) is 24.5 Å². The summed E-state index contributed by atoms with van der Waals surface area (Å²) < 4.78 is 7.38. The first-order valence-electron chi connectivity index (χ1n) is 8.05. The van der Waals surface area contributed by atoms with E-state index in [2.05, 4.69) is 44.3 Å². The molecule has 0 radical (unpaired) electrons. The van der Waals surface area contributed by atoms with Crippen LogP contribution in [0, 0.1) is 6.92 Å². The molecule has 8 heteroatoms. The van der Waals surface area contributed by atoms with Crippen LogP contribution in [0.4, 0.5) is 10.9 Å². The number of ether oxygens (including phenoxy) is 1. The van der Waals surface area contributed by atoms with Crippen molar-refractivity contribution >= 4 is 27.2 Å². The van der Waals surface area contributed by atoms with Crippen LogP contribution < -0.4 is 10.2 Å². The predicted octanol–water partition coefficient (Wildman–Crippen LogP) is 2.33. The molecule has 0 aromatic carbocycles. The molecule has 1 saturated heterocycles. The Balaban J connectivity index is 1.38. The molecule has 3 aromatic heterocycles. The summed E-state index contributed by atoms with van der Waals surface area (Å²) in [6, 6.07) is 4.19. The lowest BCUT2D eigenvalue weighted by atomic mass is 10.2. The van der Waals surface area contributed by atoms with Gasteiger partial charge < -0.3 is 15.0 Å². The molecule has 4 heterocycles. The fourth-order valence-corrected chi connectivity index (χ4v) is 3.62. The number of pyridine rings is 1. The normalized spacial score (nSPS) is 18.2. The molecule has 24 heavy (non-hydrogen) atoms. The Kier molecular flexibility index (Phi) is 4.07. The summed E-state index contributed by atoms with van der Waals surface area (Å²) in [5.74, 6) is 1.01. The number of rotatable bonds is 4. The number of hydrogen-bond donors (Lipinski definition) is 1. The van der Waals surface area contributed by atoms with Crippen molar-refractivity contribution in [3.05, 3.63) is 35.8 Å². The molecule has 1 N–H and O–H groups in total. The van der Waals surface area contributed by atoms with E-state index in [4.69, 9.17) is 4.74 Å². The van der Waals surface area contributed by atoms with E-state index >= 15 is 0 Å². The lowest BCUT2D eigenvalue weighted by molar-refractivity contribution is 0.0529. The van der Waals surface area contributed by atoms with E-state index in [9.17, 15) is 0 Å². The summed E-state index contributed by atoms with van der Waals surface area (Å²) in [4.78, 5) is 12.2. The van der Waals surface area contributed by atoms with E-state index in [-0.39, 0.29) is 6.10 Å². The monoisotopic (exact) mass is 344 g/mol. The van der Waals surface area contributed by atoms with E-state index < -0.39 is 0 Å². The van der Waals surface area contributed by atoms with Crippen molar-refractivity contribution in [2.24, 2.45) is 0 Å². The molecular formula is C16H20N6OS. The van der Waals surface area contributed by atoms with Crippen molar-refractivity contribution in [1.82, 2.24) is 19.6 Å². The van der Waals surface area contributed by atoms with Gasteiger partial charge in [0.2, 0.25) is 10.1 Å². The quantitative estimate of drug-likeness (QED) is 0.783. The van der Waals surface area contributed by atoms with Crippen LogP contribution in [0.2, 0.25) is 0 Å². The molecule has 0 aliphatic carbocycles. The number of aromatic nitrogens is 4. The van der Waals surface area contributed by atoms with Gasteiger partial charge in [0.15, 0.2) is 0 Å². The number of morpholine rings is 1. The molecule has 126 valence electrons. The molecule has 7 nitrogen and oxygen atoms in total. The van der Waals surface area contributed by atoms with Crippen LogP contribution in [0.5, 0.6) is 0 Å². The molecule has 0 saturated carbocycles. The van der Waals surface area contributed by atoms with Gasteiger partial charge in [0, 0.05) is 25.8 Å². The first-order valence-corrected chi connectivity index (χ1v) is 8.87. The number of aryl methyl sites for hydroxylation is 1. The van der Waals surface area contributed by atoms with Gasteiger partial charge in [-0.2, -0.15) is 0 Å². The Labute approximate surface area is 144 Å². The van der Waals surface area contributed by atoms with Crippen molar-refractivity contribution in [2.75, 3.05) is 29.9 Å². The van der Waals surface area contributed by atoms with E-state index in [1.54, 1.807) is 11.3 Å². The third-order valence-electron chi connectivity index (χ3n) is 3.98. The van der Waals surface area contributed by atoms with E-state index in [1.165, 1.54) is 0 Å². The van der Waals surface area contributed by atoms with Crippen molar-refractivity contribution in [1.29, 1.82) is 0 Å². The molecular weight excluding hydrogens is 324 g/mol. The molecule has 3 aromatic rings. The van der Waals surface area contributed by atoms with Crippen molar-refractivity contribution in [3.8, 4) is 0 Å². The maximum absolute atomic E-state index is 5.57. The maximum atomic E-state index is 5.57. The summed E-state index contributed by atoms with van der Waals surface area (Å²) in [5.41, 5.74) is 2.11. The summed E-state index contributed by atoms with van der Waals surface area (Å²) in [5, 5.41) is 8.67. The highest BCUT2D eigenvalue weighted by molar-refractivity contribution is 7.20. The first-order chi connectivity index (χ1) is 11.7. The summed E-state index contributed by atoms with van der Waals surface area (Å²) in [6.07, 6.45) is 4.11. The average Bonchev–Trinajstić information content (AvgIpc) is 3.10. The third kappa shape index (κ3) is 3.20. The van der Waals surface area contributed by atoms with Crippen LogP contribution in [0.25, 0.3) is 4.96 Å². The van der Waals surface area contributed by atoms with Crippen molar-refractivity contribution in [2.45, 2.75) is 26.5 Å². The molecule has 1 aliphatic rings. The highest BCUT2D eigenvalue weighted by Crippen LogP contribution is 2.20. The van der Waals surface area contributed by atoms with Gasteiger partial charge in [-0.25, -0.2) is 14.5 Å². The Bertz CT molecular complexity index is 795. The van der Waals surface area contributed by atoms with Gasteiger partial charge in [0.1, 0.15) is 5.82 Å². The third-order valence-corrected chi connectivity index (χ3v) is 4.86. The minimum absolute atomic E-state index is 0.259. The largest absolute Gasteiger partial charge is 0.375 e. The number of imidazole rings is 1. The standard InChI is InChI=1S/C16H20N6OS/c1-11-9-22-16(19-11)24-15(20-22)18-8-13-3-4-14(17-7-13)21-5-6-23-12(2)10-21/h3-4,7,9,12H,5-6,8,10H2,1-2H3,(H,18,20). The van der Waals surface area contributed by atoms with Gasteiger partial charge in [-0.05, 0) is 25.5 Å². The maximum Gasteiger partial charge on any atom is 0.214 e. The van der Waals surface area contributed by atoms with Crippen LogP contribution in [-0.4, -0.2) is 45.4 Å². The Morgan fingerprint density at radius 2 is 2.33 bits per heavy atom. The molecule has 4 rings (SSSR count). The van der Waals surface area contributed by atoms with Gasteiger partial charge >= 0.3 is 0 Å². The smallest absolute Gasteiger partial charge is 0.214 e. The topological polar surface area (TPSA) is 67.6 Å². The number of nitrogens with one attached hydrogen (secondary N) is 1. The van der Waals surface area contributed by atoms with Crippen molar-refractivity contribution in [3.63, 3.8) is 0 Å². The highest BCUT2D eigenvalue weighted by Gasteiger charge is 2.17. The summed E-state index contributed by atoms with van der Waals surface area (Å²) >= 11 is 1.55. The minimum atomic E-state index is 0.259. The van der Waals surface area contributed by atoms with E-state index in [1.807, 2.05) is 23.8 Å². The number of fused-ring (bicyclic) bond motifs is 1. The molecule has 1 fully saturated rings. The number of anilines is 2. The van der Waals surface area contributed by atoms with Crippen molar-refractivity contribution < 1.29 is 4.74 Å². The second kappa shape index (κ2) is 6.37.